The predicted molar refractivity (Wildman–Crippen MR) is 31.4 cm³/mol. The van der Waals surface area contributed by atoms with E-state index in [1.807, 2.05) is 5.40 Å². The molecule has 0 aromatic rings. The van der Waals surface area contributed by atoms with E-state index in [2.05, 4.69) is 6.58 Å². The molecular weight excluding hydrogens is 108 g/mol. The van der Waals surface area contributed by atoms with Crippen LogP contribution in [0.1, 0.15) is 0 Å². The van der Waals surface area contributed by atoms with Crippen LogP contribution in [0.25, 0.3) is 0 Å². The van der Waals surface area contributed by atoms with E-state index >= 15 is 0 Å². The number of nitrogens with two attached hydrogens (primary N) is 1. The molecule has 0 aromatic carbocycles. The van der Waals surface area contributed by atoms with E-state index in [1.165, 1.54) is 6.08 Å². The molecule has 0 aliphatic heterocycles. The maximum absolute atomic E-state index is 7.95. The largest absolute Gasteiger partial charge is 0.315 e. The summed E-state index contributed by atoms with van der Waals surface area (Å²) in [4.78, 5) is 0. The van der Waals surface area contributed by atoms with E-state index in [1.54, 1.807) is 0 Å². The second-order valence-corrected chi connectivity index (χ2v) is 1.87. The maximum Gasteiger partial charge on any atom is 0.135 e. The van der Waals surface area contributed by atoms with E-state index < -0.39 is 0 Å². The Morgan fingerprint density at radius 1 is 2.00 bits per heavy atom. The van der Waals surface area contributed by atoms with Crippen LogP contribution in [-0.2, 0) is 0 Å². The fourth-order valence-corrected chi connectivity index (χ4v) is 0.327. The Morgan fingerprint density at radius 2 is 2.57 bits per heavy atom. The van der Waals surface area contributed by atoms with Crippen molar-refractivity contribution < 1.29 is 0 Å². The molecule has 2 nitrogen and oxygen atoms in total. The molecule has 0 fully saturated rings. The highest BCUT2D eigenvalue weighted by Gasteiger charge is 1.90. The minimum absolute atomic E-state index is 0.231. The number of hydrogen-bond donors (Lipinski definition) is 1. The van der Waals surface area contributed by atoms with Crippen molar-refractivity contribution in [3.8, 4) is 5.40 Å². The summed E-state index contributed by atoms with van der Waals surface area (Å²) in [6, 6.07) is 0. The molecule has 0 aromatic heterocycles. The minimum atomic E-state index is -0.231. The molecule has 0 aliphatic rings. The zero-order valence-corrected chi connectivity index (χ0v) is 4.61. The van der Waals surface area contributed by atoms with Crippen LogP contribution in [0.15, 0.2) is 12.7 Å². The van der Waals surface area contributed by atoms with E-state index in [9.17, 15) is 0 Å². The van der Waals surface area contributed by atoms with Gasteiger partial charge in [-0.25, -0.2) is 0 Å². The summed E-state index contributed by atoms with van der Waals surface area (Å²) in [5.41, 5.74) is 5.21. The first-order valence-corrected chi connectivity index (χ1v) is 2.62. The normalized spacial score (nSPS) is 12.0. The minimum Gasteiger partial charge on any atom is -0.315 e. The number of thioether (sulfide) groups is 1. The lowest BCUT2D eigenvalue weighted by Gasteiger charge is -1.91. The first kappa shape index (κ1) is 6.54. The predicted octanol–water partition coefficient (Wildman–Crippen LogP) is 0.671. The fourth-order valence-electron chi connectivity index (χ4n) is 0.109. The lowest BCUT2D eigenvalue weighted by atomic mass is 10.7. The average molecular weight is 114 g/mol. The number of thiocyanates is 1. The standard InChI is InChI=1S/C4H6N2S/c1-2-4(6)7-3-5/h2,4H,1,6H2. The second-order valence-electron chi connectivity index (χ2n) is 0.909. The third-order valence-corrected chi connectivity index (χ3v) is 0.991. The van der Waals surface area contributed by atoms with Crippen LogP contribution in [0.4, 0.5) is 0 Å². The molecule has 38 valence electrons. The highest BCUT2D eigenvalue weighted by Crippen LogP contribution is 2.00. The summed E-state index contributed by atoms with van der Waals surface area (Å²) in [5, 5.41) is 9.56. The zero-order chi connectivity index (χ0) is 5.70. The molecule has 0 saturated heterocycles. The van der Waals surface area contributed by atoms with Crippen LogP contribution >= 0.6 is 11.8 Å². The SMILES string of the molecule is C=CC(N)SC#N. The summed E-state index contributed by atoms with van der Waals surface area (Å²) in [6.45, 7) is 3.38. The van der Waals surface area contributed by atoms with Gasteiger partial charge in [-0.15, -0.1) is 6.58 Å². The lowest BCUT2D eigenvalue weighted by molar-refractivity contribution is 1.17. The van der Waals surface area contributed by atoms with Crippen molar-refractivity contribution in [2.75, 3.05) is 0 Å². The van der Waals surface area contributed by atoms with Crippen LogP contribution in [0.2, 0.25) is 0 Å². The van der Waals surface area contributed by atoms with Crippen molar-refractivity contribution in [1.82, 2.24) is 0 Å². The molecule has 0 amide bonds. The van der Waals surface area contributed by atoms with Gasteiger partial charge in [0.15, 0.2) is 0 Å². The summed E-state index contributed by atoms with van der Waals surface area (Å²) in [5.74, 6) is 0. The van der Waals surface area contributed by atoms with Gasteiger partial charge in [-0.3, -0.25) is 0 Å². The van der Waals surface area contributed by atoms with Crippen molar-refractivity contribution in [1.29, 1.82) is 5.26 Å². The summed E-state index contributed by atoms with van der Waals surface area (Å²) < 4.78 is 0. The van der Waals surface area contributed by atoms with Crippen LogP contribution in [-0.4, -0.2) is 5.37 Å². The molecule has 2 N–H and O–H groups in total. The first-order valence-electron chi connectivity index (χ1n) is 1.74. The van der Waals surface area contributed by atoms with Gasteiger partial charge in [0.2, 0.25) is 0 Å². The molecule has 0 rings (SSSR count). The van der Waals surface area contributed by atoms with Gasteiger partial charge in [0, 0.05) is 0 Å². The third kappa shape index (κ3) is 3.37. The van der Waals surface area contributed by atoms with Crippen molar-refractivity contribution in [3.05, 3.63) is 12.7 Å². The van der Waals surface area contributed by atoms with Gasteiger partial charge in [-0.2, -0.15) is 5.26 Å². The lowest BCUT2D eigenvalue weighted by Crippen LogP contribution is -2.09. The molecule has 1 unspecified atom stereocenters. The van der Waals surface area contributed by atoms with Crippen molar-refractivity contribution in [2.45, 2.75) is 5.37 Å². The average Bonchev–Trinajstić information content (AvgIpc) is 1.68. The van der Waals surface area contributed by atoms with Crippen LogP contribution in [0, 0.1) is 10.7 Å². The summed E-state index contributed by atoms with van der Waals surface area (Å²) in [7, 11) is 0. The topological polar surface area (TPSA) is 49.8 Å². The number of nitrogens with zero attached hydrogens (tertiary/aromatic N) is 1. The molecule has 7 heavy (non-hydrogen) atoms. The first-order chi connectivity index (χ1) is 3.31. The smallest absolute Gasteiger partial charge is 0.135 e. The number of rotatable bonds is 2. The molecule has 3 heteroatoms. The van der Waals surface area contributed by atoms with Crippen LogP contribution in [0.3, 0.4) is 0 Å². The summed E-state index contributed by atoms with van der Waals surface area (Å²) in [6.07, 6.45) is 1.52. The van der Waals surface area contributed by atoms with E-state index in [0.29, 0.717) is 0 Å². The highest BCUT2D eigenvalue weighted by atomic mass is 32.2. The molecule has 0 spiro atoms. The zero-order valence-electron chi connectivity index (χ0n) is 3.79. The van der Waals surface area contributed by atoms with Crippen molar-refractivity contribution in [2.24, 2.45) is 5.73 Å². The van der Waals surface area contributed by atoms with Crippen LogP contribution < -0.4 is 5.73 Å². The Hall–Kier alpha value is -0.460. The van der Waals surface area contributed by atoms with E-state index in [0.717, 1.165) is 11.8 Å². The Kier molecular flexibility index (Phi) is 3.48. The van der Waals surface area contributed by atoms with Crippen molar-refractivity contribution in [3.63, 3.8) is 0 Å². The van der Waals surface area contributed by atoms with Gasteiger partial charge >= 0.3 is 0 Å². The molecule has 0 radical (unpaired) electrons. The molecule has 0 saturated carbocycles. The van der Waals surface area contributed by atoms with Crippen LogP contribution in [0.5, 0.6) is 0 Å². The molecule has 0 bridgehead atoms. The monoisotopic (exact) mass is 114 g/mol. The van der Waals surface area contributed by atoms with Gasteiger partial charge in [0.05, 0.1) is 5.37 Å². The van der Waals surface area contributed by atoms with Gasteiger partial charge in [-0.1, -0.05) is 6.08 Å². The molecule has 1 atom stereocenters. The van der Waals surface area contributed by atoms with Gasteiger partial charge in [0.25, 0.3) is 0 Å². The van der Waals surface area contributed by atoms with E-state index in [4.69, 9.17) is 11.0 Å². The maximum atomic E-state index is 7.95. The fraction of sp³-hybridized carbons (Fsp3) is 0.250. The molecule has 0 heterocycles. The van der Waals surface area contributed by atoms with Crippen molar-refractivity contribution >= 4 is 11.8 Å². The molecular formula is C4H6N2S. The number of nitriles is 1. The Bertz CT molecular complexity index is 94.4. The molecule has 0 aliphatic carbocycles. The Morgan fingerprint density at radius 3 is 2.71 bits per heavy atom. The van der Waals surface area contributed by atoms with Gasteiger partial charge < -0.3 is 5.73 Å². The Balaban J connectivity index is 3.21. The van der Waals surface area contributed by atoms with Gasteiger partial charge in [0.1, 0.15) is 5.40 Å². The van der Waals surface area contributed by atoms with E-state index in [-0.39, 0.29) is 5.37 Å². The number of hydrogen-bond acceptors (Lipinski definition) is 3. The Labute approximate surface area is 47.0 Å². The highest BCUT2D eigenvalue weighted by molar-refractivity contribution is 8.04. The summed E-state index contributed by atoms with van der Waals surface area (Å²) >= 11 is 0.997. The third-order valence-electron chi connectivity index (χ3n) is 0.421. The quantitative estimate of drug-likeness (QED) is 0.326. The second kappa shape index (κ2) is 3.72. The van der Waals surface area contributed by atoms with Gasteiger partial charge in [-0.05, 0) is 11.8 Å².